The van der Waals surface area contributed by atoms with E-state index in [1.165, 1.54) is 22.3 Å². The van der Waals surface area contributed by atoms with Crippen molar-refractivity contribution >= 4 is 0 Å². The predicted molar refractivity (Wildman–Crippen MR) is 82.5 cm³/mol. The summed E-state index contributed by atoms with van der Waals surface area (Å²) in [6, 6.07) is 4.71. The average Bonchev–Trinajstić information content (AvgIpc) is 2.17. The van der Waals surface area contributed by atoms with Crippen molar-refractivity contribution < 1.29 is 0 Å². The number of rotatable bonds is 2. The molecule has 0 amide bonds. The summed E-state index contributed by atoms with van der Waals surface area (Å²) in [7, 11) is 0. The van der Waals surface area contributed by atoms with Crippen LogP contribution in [0.25, 0.3) is 0 Å². The minimum atomic E-state index is 0.196. The average molecular weight is 244 g/mol. The summed E-state index contributed by atoms with van der Waals surface area (Å²) in [5.74, 6) is 0. The van der Waals surface area contributed by atoms with Gasteiger partial charge in [0.25, 0.3) is 0 Å². The van der Waals surface area contributed by atoms with Crippen LogP contribution in [0.5, 0.6) is 0 Å². The Labute approximate surface area is 113 Å². The van der Waals surface area contributed by atoms with Crippen LogP contribution >= 0.6 is 0 Å². The Morgan fingerprint density at radius 3 is 1.61 bits per heavy atom. The molecule has 0 unspecified atom stereocenters. The number of benzene rings is 1. The number of hydrogen-bond donors (Lipinski definition) is 0. The molecule has 0 saturated carbocycles. The molecule has 0 radical (unpaired) electrons. The highest BCUT2D eigenvalue weighted by Gasteiger charge is 2.23. The molecule has 0 fully saturated rings. The van der Waals surface area contributed by atoms with Gasteiger partial charge in [-0.25, -0.2) is 0 Å². The quantitative estimate of drug-likeness (QED) is 0.618. The van der Waals surface area contributed by atoms with Crippen molar-refractivity contribution in [1.82, 2.24) is 0 Å². The van der Waals surface area contributed by atoms with Crippen LogP contribution in [0.3, 0.4) is 0 Å². The summed E-state index contributed by atoms with van der Waals surface area (Å²) in [6.07, 6.45) is 2.94. The Bertz CT molecular complexity index is 401. The second kappa shape index (κ2) is 4.91. The number of hydrogen-bond acceptors (Lipinski definition) is 0. The molecule has 100 valence electrons. The van der Waals surface area contributed by atoms with Crippen molar-refractivity contribution in [2.75, 3.05) is 0 Å². The van der Waals surface area contributed by atoms with Gasteiger partial charge < -0.3 is 0 Å². The second-order valence-corrected chi connectivity index (χ2v) is 7.31. The largest absolute Gasteiger partial charge is 0.103 e. The Balaban J connectivity index is 3.53. The highest BCUT2D eigenvalue weighted by molar-refractivity contribution is 5.45. The fourth-order valence-electron chi connectivity index (χ4n) is 2.62. The van der Waals surface area contributed by atoms with Gasteiger partial charge in [-0.15, -0.1) is 6.58 Å². The summed E-state index contributed by atoms with van der Waals surface area (Å²) in [5, 5.41) is 0. The molecule has 1 aromatic rings. The van der Waals surface area contributed by atoms with Crippen molar-refractivity contribution in [3.05, 3.63) is 47.0 Å². The molecule has 0 nitrogen and oxygen atoms in total. The van der Waals surface area contributed by atoms with Crippen LogP contribution in [0.1, 0.15) is 63.8 Å². The Kier molecular flexibility index (Phi) is 4.10. The summed E-state index contributed by atoms with van der Waals surface area (Å²) < 4.78 is 0. The van der Waals surface area contributed by atoms with Crippen molar-refractivity contribution in [2.24, 2.45) is 0 Å². The topological polar surface area (TPSA) is 0 Å². The molecule has 1 aromatic carbocycles. The van der Waals surface area contributed by atoms with E-state index in [1.54, 1.807) is 0 Å². The van der Waals surface area contributed by atoms with Crippen LogP contribution in [0, 0.1) is 6.92 Å². The maximum Gasteiger partial charge on any atom is -0.00999 e. The van der Waals surface area contributed by atoms with Gasteiger partial charge in [0.15, 0.2) is 0 Å². The first-order chi connectivity index (χ1) is 8.07. The van der Waals surface area contributed by atoms with Crippen molar-refractivity contribution in [3.8, 4) is 0 Å². The monoisotopic (exact) mass is 244 g/mol. The summed E-state index contributed by atoms with van der Waals surface area (Å²) in [4.78, 5) is 0. The molecule has 0 saturated heterocycles. The fraction of sp³-hybridized carbons (Fsp3) is 0.556. The third-order valence-corrected chi connectivity index (χ3v) is 3.46. The Morgan fingerprint density at radius 2 is 1.33 bits per heavy atom. The molecule has 0 bridgehead atoms. The highest BCUT2D eigenvalue weighted by Crippen LogP contribution is 2.34. The fourth-order valence-corrected chi connectivity index (χ4v) is 2.62. The van der Waals surface area contributed by atoms with Gasteiger partial charge in [0.2, 0.25) is 0 Å². The highest BCUT2D eigenvalue weighted by atomic mass is 14.3. The molecule has 0 heteroatoms. The normalized spacial score (nSPS) is 12.6. The third kappa shape index (κ3) is 3.25. The molecule has 0 spiro atoms. The van der Waals surface area contributed by atoms with Gasteiger partial charge in [-0.3, -0.25) is 0 Å². The third-order valence-electron chi connectivity index (χ3n) is 3.46. The lowest BCUT2D eigenvalue weighted by Gasteiger charge is -2.29. The van der Waals surface area contributed by atoms with Gasteiger partial charge in [0.05, 0.1) is 0 Å². The van der Waals surface area contributed by atoms with Gasteiger partial charge in [0.1, 0.15) is 0 Å². The van der Waals surface area contributed by atoms with Gasteiger partial charge in [-0.1, -0.05) is 59.8 Å². The first-order valence-corrected chi connectivity index (χ1v) is 6.82. The van der Waals surface area contributed by atoms with E-state index in [1.807, 2.05) is 6.08 Å². The minimum absolute atomic E-state index is 0.196. The molecule has 0 aliphatic rings. The van der Waals surface area contributed by atoms with Gasteiger partial charge >= 0.3 is 0 Å². The van der Waals surface area contributed by atoms with Crippen LogP contribution in [0.2, 0.25) is 0 Å². The van der Waals surface area contributed by atoms with Crippen LogP contribution < -0.4 is 0 Å². The molecule has 0 aliphatic heterocycles. The molecule has 0 N–H and O–H groups in total. The van der Waals surface area contributed by atoms with E-state index in [0.29, 0.717) is 0 Å². The molecule has 0 heterocycles. The van der Waals surface area contributed by atoms with Gasteiger partial charge in [0, 0.05) is 0 Å². The Morgan fingerprint density at radius 1 is 0.944 bits per heavy atom. The summed E-state index contributed by atoms with van der Waals surface area (Å²) in [6.45, 7) is 19.9. The standard InChI is InChI=1S/C18H28/c1-9-10-14-11-15(17(3,4)5)13(2)16(12-14)18(6,7)8/h9,11-12H,1,10H2,2-8H3. The van der Waals surface area contributed by atoms with Crippen molar-refractivity contribution in [2.45, 2.75) is 65.7 Å². The van der Waals surface area contributed by atoms with Crippen LogP contribution in [-0.4, -0.2) is 0 Å². The molecular formula is C18H28. The van der Waals surface area contributed by atoms with E-state index in [2.05, 4.69) is 67.2 Å². The molecule has 0 atom stereocenters. The molecule has 18 heavy (non-hydrogen) atoms. The van der Waals surface area contributed by atoms with E-state index in [4.69, 9.17) is 0 Å². The van der Waals surface area contributed by atoms with Crippen LogP contribution in [0.15, 0.2) is 24.8 Å². The molecule has 0 aliphatic carbocycles. The summed E-state index contributed by atoms with van der Waals surface area (Å²) >= 11 is 0. The van der Waals surface area contributed by atoms with Crippen molar-refractivity contribution in [1.29, 1.82) is 0 Å². The predicted octanol–water partition coefficient (Wildman–Crippen LogP) is 5.32. The van der Waals surface area contributed by atoms with E-state index in [9.17, 15) is 0 Å². The molecular weight excluding hydrogens is 216 g/mol. The maximum absolute atomic E-state index is 3.86. The van der Waals surface area contributed by atoms with E-state index in [0.717, 1.165) is 6.42 Å². The van der Waals surface area contributed by atoms with Crippen molar-refractivity contribution in [3.63, 3.8) is 0 Å². The van der Waals surface area contributed by atoms with E-state index >= 15 is 0 Å². The summed E-state index contributed by atoms with van der Waals surface area (Å²) in [5.41, 5.74) is 6.15. The number of allylic oxidation sites excluding steroid dienone is 1. The molecule has 0 aromatic heterocycles. The second-order valence-electron chi connectivity index (χ2n) is 7.31. The first kappa shape index (κ1) is 15.0. The van der Waals surface area contributed by atoms with Crippen LogP contribution in [0.4, 0.5) is 0 Å². The zero-order chi connectivity index (χ0) is 14.1. The van der Waals surface area contributed by atoms with Gasteiger partial charge in [-0.05, 0) is 46.4 Å². The van der Waals surface area contributed by atoms with Gasteiger partial charge in [-0.2, -0.15) is 0 Å². The lowest BCUT2D eigenvalue weighted by Crippen LogP contribution is -2.20. The Hall–Kier alpha value is -1.04. The van der Waals surface area contributed by atoms with Crippen LogP contribution in [-0.2, 0) is 17.3 Å². The first-order valence-electron chi connectivity index (χ1n) is 6.82. The zero-order valence-corrected chi connectivity index (χ0v) is 13.1. The smallest absolute Gasteiger partial charge is 0.00999 e. The van der Waals surface area contributed by atoms with E-state index in [-0.39, 0.29) is 10.8 Å². The van der Waals surface area contributed by atoms with E-state index < -0.39 is 0 Å². The molecule has 1 rings (SSSR count). The zero-order valence-electron chi connectivity index (χ0n) is 13.1. The maximum atomic E-state index is 3.86. The lowest BCUT2D eigenvalue weighted by molar-refractivity contribution is 0.560. The minimum Gasteiger partial charge on any atom is -0.103 e. The lowest BCUT2D eigenvalue weighted by atomic mass is 9.75. The SMILES string of the molecule is C=CCc1cc(C(C)(C)C)c(C)c(C(C)(C)C)c1.